The SMILES string of the molecule is Cc1ccc(C)c(O[C@@H](C)C(=O)NC23C[C@H]4C[C@@H](CC(O)(C4)C2)C3)c1. The van der Waals surface area contributed by atoms with Crippen molar-refractivity contribution in [1.29, 1.82) is 0 Å². The number of nitrogens with one attached hydrogen (secondary N) is 1. The van der Waals surface area contributed by atoms with E-state index in [4.69, 9.17) is 4.74 Å². The molecule has 25 heavy (non-hydrogen) atoms. The lowest BCUT2D eigenvalue weighted by atomic mass is 9.51. The predicted octanol–water partition coefficient (Wildman–Crippen LogP) is 3.27. The molecule has 4 nitrogen and oxygen atoms in total. The van der Waals surface area contributed by atoms with E-state index in [0.29, 0.717) is 18.3 Å². The minimum absolute atomic E-state index is 0.0635. The molecule has 1 aromatic rings. The number of ether oxygens (including phenoxy) is 1. The normalized spacial score (nSPS) is 37.0. The van der Waals surface area contributed by atoms with Crippen molar-refractivity contribution in [3.63, 3.8) is 0 Å². The van der Waals surface area contributed by atoms with E-state index in [1.165, 1.54) is 6.42 Å². The van der Waals surface area contributed by atoms with Crippen molar-refractivity contribution in [2.45, 2.75) is 76.5 Å². The van der Waals surface area contributed by atoms with Crippen molar-refractivity contribution in [2.75, 3.05) is 0 Å². The lowest BCUT2D eigenvalue weighted by Gasteiger charge is -2.60. The van der Waals surface area contributed by atoms with Crippen LogP contribution in [0.2, 0.25) is 0 Å². The third-order valence-electron chi connectivity index (χ3n) is 6.44. The zero-order valence-electron chi connectivity index (χ0n) is 15.5. The highest BCUT2D eigenvalue weighted by Crippen LogP contribution is 2.57. The molecule has 0 unspecified atom stereocenters. The number of hydrogen-bond acceptors (Lipinski definition) is 3. The summed E-state index contributed by atoms with van der Waals surface area (Å²) < 4.78 is 5.95. The van der Waals surface area contributed by atoms with Gasteiger partial charge in [-0.3, -0.25) is 4.79 Å². The number of carbonyl (C=O) groups excluding carboxylic acids is 1. The Morgan fingerprint density at radius 3 is 2.56 bits per heavy atom. The fourth-order valence-electron chi connectivity index (χ4n) is 5.80. The molecule has 0 radical (unpaired) electrons. The second-order valence-electron chi connectivity index (χ2n) is 8.98. The van der Waals surface area contributed by atoms with Crippen LogP contribution >= 0.6 is 0 Å². The molecule has 0 heterocycles. The third kappa shape index (κ3) is 3.17. The molecule has 0 aliphatic heterocycles. The molecule has 4 bridgehead atoms. The molecular weight excluding hydrogens is 314 g/mol. The number of carbonyl (C=O) groups is 1. The molecule has 4 fully saturated rings. The van der Waals surface area contributed by atoms with Gasteiger partial charge in [0.25, 0.3) is 5.91 Å². The van der Waals surface area contributed by atoms with Crippen molar-refractivity contribution in [3.8, 4) is 5.75 Å². The Morgan fingerprint density at radius 2 is 1.92 bits per heavy atom. The van der Waals surface area contributed by atoms with Crippen LogP contribution in [0.5, 0.6) is 5.75 Å². The molecule has 4 aliphatic rings. The van der Waals surface area contributed by atoms with Crippen molar-refractivity contribution in [1.82, 2.24) is 5.32 Å². The Labute approximate surface area is 150 Å². The molecule has 4 aliphatic carbocycles. The van der Waals surface area contributed by atoms with Crippen LogP contribution in [0.25, 0.3) is 0 Å². The zero-order chi connectivity index (χ0) is 17.8. The van der Waals surface area contributed by atoms with Crippen molar-refractivity contribution in [2.24, 2.45) is 11.8 Å². The summed E-state index contributed by atoms with van der Waals surface area (Å²) in [5.74, 6) is 1.82. The zero-order valence-corrected chi connectivity index (χ0v) is 15.5. The molecule has 0 spiro atoms. The lowest BCUT2D eigenvalue weighted by molar-refractivity contribution is -0.153. The minimum atomic E-state index is -0.561. The first-order valence-corrected chi connectivity index (χ1v) is 9.54. The predicted molar refractivity (Wildman–Crippen MR) is 96.5 cm³/mol. The number of benzene rings is 1. The summed E-state index contributed by atoms with van der Waals surface area (Å²) in [4.78, 5) is 12.8. The van der Waals surface area contributed by atoms with Gasteiger partial charge >= 0.3 is 0 Å². The highest BCUT2D eigenvalue weighted by Gasteiger charge is 2.57. The topological polar surface area (TPSA) is 58.6 Å². The average Bonchev–Trinajstić information content (AvgIpc) is 2.47. The van der Waals surface area contributed by atoms with Crippen LogP contribution in [0.1, 0.15) is 56.6 Å². The average molecular weight is 343 g/mol. The Morgan fingerprint density at radius 1 is 1.24 bits per heavy atom. The van der Waals surface area contributed by atoms with Crippen molar-refractivity contribution in [3.05, 3.63) is 29.3 Å². The molecule has 2 N–H and O–H groups in total. The Hall–Kier alpha value is -1.55. The number of hydrogen-bond donors (Lipinski definition) is 2. The quantitative estimate of drug-likeness (QED) is 0.882. The van der Waals surface area contributed by atoms with Crippen molar-refractivity contribution < 1.29 is 14.6 Å². The van der Waals surface area contributed by atoms with Crippen LogP contribution in [-0.4, -0.2) is 28.3 Å². The fourth-order valence-corrected chi connectivity index (χ4v) is 5.80. The summed E-state index contributed by atoms with van der Waals surface area (Å²) in [6.45, 7) is 5.83. The van der Waals surface area contributed by atoms with Gasteiger partial charge in [-0.25, -0.2) is 0 Å². The molecule has 0 saturated heterocycles. The molecule has 4 heteroatoms. The summed E-state index contributed by atoms with van der Waals surface area (Å²) in [6, 6.07) is 6.04. The van der Waals surface area contributed by atoms with E-state index in [0.717, 1.165) is 42.6 Å². The van der Waals surface area contributed by atoms with Gasteiger partial charge in [-0.1, -0.05) is 12.1 Å². The summed E-state index contributed by atoms with van der Waals surface area (Å²) >= 11 is 0. The lowest BCUT2D eigenvalue weighted by Crippen LogP contribution is -2.66. The molecule has 4 saturated carbocycles. The number of amides is 1. The first kappa shape index (κ1) is 16.9. The van der Waals surface area contributed by atoms with Crippen LogP contribution < -0.4 is 10.1 Å². The van der Waals surface area contributed by atoms with Crippen LogP contribution in [0.15, 0.2) is 18.2 Å². The largest absolute Gasteiger partial charge is 0.481 e. The molecule has 0 aromatic heterocycles. The number of rotatable bonds is 4. The van der Waals surface area contributed by atoms with E-state index in [2.05, 4.69) is 5.32 Å². The van der Waals surface area contributed by atoms with Gasteiger partial charge in [0.05, 0.1) is 5.60 Å². The van der Waals surface area contributed by atoms with E-state index in [1.807, 2.05) is 39.0 Å². The van der Waals surface area contributed by atoms with Gasteiger partial charge in [-0.05, 0) is 88.3 Å². The Balaban J connectivity index is 1.46. The van der Waals surface area contributed by atoms with Gasteiger partial charge < -0.3 is 15.2 Å². The van der Waals surface area contributed by atoms with Crippen LogP contribution in [0.3, 0.4) is 0 Å². The van der Waals surface area contributed by atoms with E-state index >= 15 is 0 Å². The van der Waals surface area contributed by atoms with Gasteiger partial charge in [0, 0.05) is 5.54 Å². The monoisotopic (exact) mass is 343 g/mol. The van der Waals surface area contributed by atoms with E-state index in [-0.39, 0.29) is 11.4 Å². The summed E-state index contributed by atoms with van der Waals surface area (Å²) in [5.41, 5.74) is 1.37. The van der Waals surface area contributed by atoms with Crippen molar-refractivity contribution >= 4 is 5.91 Å². The standard InChI is InChI=1S/C21H29NO3/c1-13-4-5-14(2)18(6-13)25-15(3)19(23)22-20-8-16-7-17(9-20)11-21(24,10-16)12-20/h4-6,15-17,24H,7-12H2,1-3H3,(H,22,23)/t15-,16+,17+,20?,21?/m0/s1. The van der Waals surface area contributed by atoms with E-state index in [9.17, 15) is 9.90 Å². The minimum Gasteiger partial charge on any atom is -0.481 e. The van der Waals surface area contributed by atoms with Gasteiger partial charge in [0.15, 0.2) is 6.10 Å². The molecule has 1 aromatic carbocycles. The first-order valence-electron chi connectivity index (χ1n) is 9.54. The van der Waals surface area contributed by atoms with Gasteiger partial charge in [0.1, 0.15) is 5.75 Å². The fraction of sp³-hybridized carbons (Fsp3) is 0.667. The molecule has 1 amide bonds. The maximum absolute atomic E-state index is 12.8. The van der Waals surface area contributed by atoms with Crippen LogP contribution in [0, 0.1) is 25.7 Å². The number of aliphatic hydroxyl groups is 1. The first-order chi connectivity index (χ1) is 11.8. The second-order valence-corrected chi connectivity index (χ2v) is 8.98. The van der Waals surface area contributed by atoms with E-state index < -0.39 is 11.7 Å². The van der Waals surface area contributed by atoms with Crippen LogP contribution in [0.4, 0.5) is 0 Å². The highest BCUT2D eigenvalue weighted by molar-refractivity contribution is 5.81. The molecule has 136 valence electrons. The molecular formula is C21H29NO3. The smallest absolute Gasteiger partial charge is 0.261 e. The summed E-state index contributed by atoms with van der Waals surface area (Å²) in [5, 5.41) is 14.1. The Kier molecular flexibility index (Phi) is 3.87. The molecule has 3 atom stereocenters. The number of aryl methyl sites for hydroxylation is 2. The van der Waals surface area contributed by atoms with E-state index in [1.54, 1.807) is 0 Å². The third-order valence-corrected chi connectivity index (χ3v) is 6.44. The van der Waals surface area contributed by atoms with Gasteiger partial charge in [-0.15, -0.1) is 0 Å². The summed E-state index contributed by atoms with van der Waals surface area (Å²) in [6.07, 6.45) is 5.22. The maximum Gasteiger partial charge on any atom is 0.261 e. The molecule has 5 rings (SSSR count). The Bertz CT molecular complexity index is 684. The van der Waals surface area contributed by atoms with Gasteiger partial charge in [-0.2, -0.15) is 0 Å². The van der Waals surface area contributed by atoms with Crippen LogP contribution in [-0.2, 0) is 4.79 Å². The van der Waals surface area contributed by atoms with Gasteiger partial charge in [0.2, 0.25) is 0 Å². The maximum atomic E-state index is 12.8. The second kappa shape index (κ2) is 5.73. The summed E-state index contributed by atoms with van der Waals surface area (Å²) in [7, 11) is 0. The highest BCUT2D eigenvalue weighted by atomic mass is 16.5.